The Morgan fingerprint density at radius 3 is 2.50 bits per heavy atom. The molecule has 1 radical (unpaired) electrons. The van der Waals surface area contributed by atoms with Gasteiger partial charge in [0.25, 0.3) is 0 Å². The van der Waals surface area contributed by atoms with Crippen LogP contribution in [0.4, 0.5) is 0 Å². The third-order valence-corrected chi connectivity index (χ3v) is 5.16. The summed E-state index contributed by atoms with van der Waals surface area (Å²) in [4.78, 5) is 0. The molecule has 0 aliphatic carbocycles. The molecule has 1 unspecified atom stereocenters. The molecule has 0 N–H and O–H groups in total. The topological polar surface area (TPSA) is 0 Å². The van der Waals surface area contributed by atoms with Crippen LogP contribution in [0.1, 0.15) is 39.5 Å². The van der Waals surface area contributed by atoms with Crippen LogP contribution in [0.25, 0.3) is 0 Å². The Labute approximate surface area is 78.2 Å². The summed E-state index contributed by atoms with van der Waals surface area (Å²) in [6, 6.07) is 0. The molecule has 1 atom stereocenters. The molecule has 0 heterocycles. The fourth-order valence-electron chi connectivity index (χ4n) is 1.06. The third-order valence-electron chi connectivity index (χ3n) is 1.92. The maximum absolute atomic E-state index is 5.11. The summed E-state index contributed by atoms with van der Waals surface area (Å²) in [6.07, 6.45) is 5.55. The average Bonchev–Trinajstić information content (AvgIpc) is 1.98. The van der Waals surface area contributed by atoms with Crippen molar-refractivity contribution in [2.75, 3.05) is 0 Å². The van der Waals surface area contributed by atoms with Crippen LogP contribution in [-0.4, -0.2) is 19.2 Å². The third kappa shape index (κ3) is 5.78. The van der Waals surface area contributed by atoms with Gasteiger partial charge in [-0.05, 0) is 0 Å². The Bertz CT molecular complexity index is 83.3. The molecule has 0 bridgehead atoms. The zero-order chi connectivity index (χ0) is 7.82. The molecule has 0 aliphatic rings. The van der Waals surface area contributed by atoms with Gasteiger partial charge in [-0.15, -0.1) is 0 Å². The average molecular weight is 264 g/mol. The number of rotatable bonds is 6. The minimum atomic E-state index is -0.321. The number of hydrogen-bond donors (Lipinski definition) is 0. The van der Waals surface area contributed by atoms with Crippen molar-refractivity contribution in [1.82, 2.24) is 0 Å². The van der Waals surface area contributed by atoms with E-state index in [2.05, 4.69) is 13.8 Å². The van der Waals surface area contributed by atoms with Crippen LogP contribution in [-0.2, 0) is 0 Å². The van der Waals surface area contributed by atoms with E-state index in [0.29, 0.717) is 0 Å². The second-order valence-electron chi connectivity index (χ2n) is 2.76. The monoisotopic (exact) mass is 265 g/mol. The number of hydrogen-bond acceptors (Lipinski definition) is 1. The molecule has 0 aliphatic heterocycles. The SMILES string of the molecule is CCCCC(CC)[CH2][Sn]=[S]. The summed E-state index contributed by atoms with van der Waals surface area (Å²) in [5, 5.41) is 0. The zero-order valence-corrected chi connectivity index (χ0v) is 10.7. The van der Waals surface area contributed by atoms with Gasteiger partial charge in [-0.25, -0.2) is 0 Å². The van der Waals surface area contributed by atoms with Crippen molar-refractivity contribution in [2.45, 2.75) is 44.0 Å². The van der Waals surface area contributed by atoms with Crippen molar-refractivity contribution in [3.63, 3.8) is 0 Å². The fourth-order valence-corrected chi connectivity index (χ4v) is 4.72. The second-order valence-corrected chi connectivity index (χ2v) is 6.69. The van der Waals surface area contributed by atoms with E-state index in [0.717, 1.165) is 5.92 Å². The van der Waals surface area contributed by atoms with Crippen LogP contribution >= 0.6 is 9.29 Å². The molecule has 0 spiro atoms. The van der Waals surface area contributed by atoms with E-state index >= 15 is 0 Å². The molecule has 0 aromatic carbocycles. The van der Waals surface area contributed by atoms with Crippen molar-refractivity contribution in [3.8, 4) is 0 Å². The van der Waals surface area contributed by atoms with E-state index < -0.39 is 0 Å². The van der Waals surface area contributed by atoms with Crippen molar-refractivity contribution in [1.29, 1.82) is 0 Å². The van der Waals surface area contributed by atoms with E-state index in [1.54, 1.807) is 0 Å². The molecule has 0 nitrogen and oxygen atoms in total. The van der Waals surface area contributed by atoms with Gasteiger partial charge < -0.3 is 0 Å². The maximum atomic E-state index is 5.11. The van der Waals surface area contributed by atoms with Crippen LogP contribution in [0.15, 0.2) is 0 Å². The first-order chi connectivity index (χ1) is 4.85. The molecule has 0 fully saturated rings. The van der Waals surface area contributed by atoms with E-state index in [1.807, 2.05) is 0 Å². The Hall–Kier alpha value is 1.02. The van der Waals surface area contributed by atoms with Gasteiger partial charge in [0.05, 0.1) is 0 Å². The first-order valence-electron chi connectivity index (χ1n) is 4.20. The fraction of sp³-hybridized carbons (Fsp3) is 1.00. The van der Waals surface area contributed by atoms with E-state index in [4.69, 9.17) is 9.29 Å². The summed E-state index contributed by atoms with van der Waals surface area (Å²) in [7, 11) is 5.11. The second kappa shape index (κ2) is 8.12. The normalized spacial score (nSPS) is 13.0. The molecule has 2 heteroatoms. The summed E-state index contributed by atoms with van der Waals surface area (Å²) in [5.41, 5.74) is 0. The van der Waals surface area contributed by atoms with Gasteiger partial charge in [0.2, 0.25) is 0 Å². The first kappa shape index (κ1) is 11.0. The molecule has 0 saturated heterocycles. The minimum absolute atomic E-state index is 0.321. The van der Waals surface area contributed by atoms with Crippen LogP contribution in [0.2, 0.25) is 4.44 Å². The van der Waals surface area contributed by atoms with E-state index in [-0.39, 0.29) is 19.2 Å². The number of unbranched alkanes of at least 4 members (excludes halogenated alkanes) is 1. The standard InChI is InChI=1S/C8H17.S.Sn/c1-4-6-7-8(3)5-2;;/h8H,3-7H2,1-2H3;;. The van der Waals surface area contributed by atoms with Gasteiger partial charge in [-0.1, -0.05) is 0 Å². The summed E-state index contributed by atoms with van der Waals surface area (Å²) in [5.74, 6) is 0.990. The van der Waals surface area contributed by atoms with Gasteiger partial charge in [0.1, 0.15) is 0 Å². The molecule has 0 saturated carbocycles. The molecule has 0 aromatic rings. The Balaban J connectivity index is 3.29. The quantitative estimate of drug-likeness (QED) is 0.662. The predicted octanol–water partition coefficient (Wildman–Crippen LogP) is 3.44. The predicted molar refractivity (Wildman–Crippen MR) is 51.5 cm³/mol. The van der Waals surface area contributed by atoms with Crippen LogP contribution in [0.3, 0.4) is 0 Å². The van der Waals surface area contributed by atoms with Crippen LogP contribution in [0.5, 0.6) is 0 Å². The Kier molecular flexibility index (Phi) is 8.95. The summed E-state index contributed by atoms with van der Waals surface area (Å²) < 4.78 is 1.43. The van der Waals surface area contributed by atoms with E-state index in [1.165, 1.54) is 30.1 Å². The molecule has 0 rings (SSSR count). The Morgan fingerprint density at radius 1 is 1.40 bits per heavy atom. The van der Waals surface area contributed by atoms with Gasteiger partial charge in [0.15, 0.2) is 0 Å². The first-order valence-corrected chi connectivity index (χ1v) is 10.1. The Morgan fingerprint density at radius 2 is 2.10 bits per heavy atom. The van der Waals surface area contributed by atoms with Crippen LogP contribution in [0, 0.1) is 5.92 Å². The van der Waals surface area contributed by atoms with Gasteiger partial charge in [-0.2, -0.15) is 0 Å². The van der Waals surface area contributed by atoms with Gasteiger partial charge >= 0.3 is 78.4 Å². The molecule has 0 amide bonds. The molecule has 59 valence electrons. The zero-order valence-electron chi connectivity index (χ0n) is 7.02. The molecule has 10 heavy (non-hydrogen) atoms. The van der Waals surface area contributed by atoms with Gasteiger partial charge in [0, 0.05) is 0 Å². The summed E-state index contributed by atoms with van der Waals surface area (Å²) in [6.45, 7) is 4.56. The van der Waals surface area contributed by atoms with Crippen molar-refractivity contribution in [3.05, 3.63) is 0 Å². The van der Waals surface area contributed by atoms with Gasteiger partial charge in [-0.3, -0.25) is 0 Å². The molecular weight excluding hydrogens is 247 g/mol. The van der Waals surface area contributed by atoms with E-state index in [9.17, 15) is 0 Å². The van der Waals surface area contributed by atoms with Crippen LogP contribution < -0.4 is 0 Å². The van der Waals surface area contributed by atoms with Crippen molar-refractivity contribution in [2.24, 2.45) is 5.92 Å². The van der Waals surface area contributed by atoms with Crippen molar-refractivity contribution >= 4 is 28.5 Å². The van der Waals surface area contributed by atoms with Crippen molar-refractivity contribution < 1.29 is 0 Å². The molecule has 0 aromatic heterocycles. The molecular formula is C8H17SSn. The summed E-state index contributed by atoms with van der Waals surface area (Å²) >= 11 is -0.321.